The molecule has 1 aromatic carbocycles. The third kappa shape index (κ3) is 5.06. The molecule has 0 bridgehead atoms. The van der Waals surface area contributed by atoms with Crippen LogP contribution in [-0.4, -0.2) is 55.0 Å². The van der Waals surface area contributed by atoms with Crippen molar-refractivity contribution in [3.05, 3.63) is 41.9 Å². The SMILES string of the molecule is C=CCN1CCCN(C(=O)COc2ccc(Cl)cc2)CC1. The van der Waals surface area contributed by atoms with Gasteiger partial charge in [0.1, 0.15) is 5.75 Å². The normalized spacial score (nSPS) is 16.3. The van der Waals surface area contributed by atoms with Gasteiger partial charge >= 0.3 is 0 Å². The summed E-state index contributed by atoms with van der Waals surface area (Å²) < 4.78 is 5.51. The fourth-order valence-corrected chi connectivity index (χ4v) is 2.48. The van der Waals surface area contributed by atoms with Crippen LogP contribution in [0.1, 0.15) is 6.42 Å². The van der Waals surface area contributed by atoms with Gasteiger partial charge in [0.25, 0.3) is 5.91 Å². The molecule has 21 heavy (non-hydrogen) atoms. The number of carbonyl (C=O) groups is 1. The first-order valence-corrected chi connectivity index (χ1v) is 7.56. The predicted molar refractivity (Wildman–Crippen MR) is 84.8 cm³/mol. The van der Waals surface area contributed by atoms with E-state index >= 15 is 0 Å². The molecule has 1 amide bonds. The summed E-state index contributed by atoms with van der Waals surface area (Å²) in [4.78, 5) is 16.4. The molecule has 1 aromatic rings. The number of carbonyl (C=O) groups excluding carboxylic acids is 1. The van der Waals surface area contributed by atoms with E-state index in [0.717, 1.165) is 39.1 Å². The first-order chi connectivity index (χ1) is 10.2. The molecule has 0 unspecified atom stereocenters. The molecule has 0 aromatic heterocycles. The maximum atomic E-state index is 12.2. The molecule has 5 heteroatoms. The molecule has 0 saturated carbocycles. The van der Waals surface area contributed by atoms with E-state index < -0.39 is 0 Å². The number of rotatable bonds is 5. The minimum absolute atomic E-state index is 0.0328. The number of nitrogens with zero attached hydrogens (tertiary/aromatic N) is 2. The van der Waals surface area contributed by atoms with Crippen LogP contribution in [0.2, 0.25) is 5.02 Å². The summed E-state index contributed by atoms with van der Waals surface area (Å²) in [5, 5.41) is 0.656. The molecule has 0 aliphatic carbocycles. The topological polar surface area (TPSA) is 32.8 Å². The van der Waals surface area contributed by atoms with Gasteiger partial charge in [-0.15, -0.1) is 6.58 Å². The Labute approximate surface area is 130 Å². The molecular weight excluding hydrogens is 288 g/mol. The zero-order valence-corrected chi connectivity index (χ0v) is 12.9. The third-order valence-electron chi connectivity index (χ3n) is 3.50. The first-order valence-electron chi connectivity index (χ1n) is 7.18. The van der Waals surface area contributed by atoms with E-state index in [2.05, 4.69) is 11.5 Å². The molecule has 0 spiro atoms. The van der Waals surface area contributed by atoms with Gasteiger partial charge in [0.2, 0.25) is 0 Å². The van der Waals surface area contributed by atoms with Crippen LogP contribution in [0.4, 0.5) is 0 Å². The average molecular weight is 309 g/mol. The van der Waals surface area contributed by atoms with E-state index in [9.17, 15) is 4.79 Å². The fraction of sp³-hybridized carbons (Fsp3) is 0.438. The minimum Gasteiger partial charge on any atom is -0.484 e. The van der Waals surface area contributed by atoms with Crippen molar-refractivity contribution in [2.45, 2.75) is 6.42 Å². The highest BCUT2D eigenvalue weighted by Gasteiger charge is 2.18. The van der Waals surface area contributed by atoms with Crippen molar-refractivity contribution >= 4 is 17.5 Å². The van der Waals surface area contributed by atoms with E-state index in [0.29, 0.717) is 10.8 Å². The molecule has 1 fully saturated rings. The lowest BCUT2D eigenvalue weighted by Crippen LogP contribution is -2.38. The van der Waals surface area contributed by atoms with Crippen LogP contribution < -0.4 is 4.74 Å². The molecule has 1 saturated heterocycles. The van der Waals surface area contributed by atoms with Gasteiger partial charge in [-0.1, -0.05) is 17.7 Å². The molecule has 0 radical (unpaired) electrons. The molecule has 0 atom stereocenters. The van der Waals surface area contributed by atoms with Gasteiger partial charge in [-0.25, -0.2) is 0 Å². The smallest absolute Gasteiger partial charge is 0.260 e. The largest absolute Gasteiger partial charge is 0.484 e. The minimum atomic E-state index is 0.0328. The number of hydrogen-bond acceptors (Lipinski definition) is 3. The highest BCUT2D eigenvalue weighted by molar-refractivity contribution is 6.30. The van der Waals surface area contributed by atoms with Gasteiger partial charge in [0.15, 0.2) is 6.61 Å². The van der Waals surface area contributed by atoms with Gasteiger partial charge in [-0.3, -0.25) is 9.69 Å². The van der Waals surface area contributed by atoms with Crippen molar-refractivity contribution in [3.63, 3.8) is 0 Å². The Balaban J connectivity index is 1.80. The van der Waals surface area contributed by atoms with Crippen LogP contribution in [0, 0.1) is 0 Å². The van der Waals surface area contributed by atoms with E-state index in [-0.39, 0.29) is 12.5 Å². The lowest BCUT2D eigenvalue weighted by Gasteiger charge is -2.21. The fourth-order valence-electron chi connectivity index (χ4n) is 2.35. The second kappa shape index (κ2) is 8.05. The maximum absolute atomic E-state index is 12.2. The Kier molecular flexibility index (Phi) is 6.08. The highest BCUT2D eigenvalue weighted by Crippen LogP contribution is 2.15. The summed E-state index contributed by atoms with van der Waals surface area (Å²) in [5.41, 5.74) is 0. The average Bonchev–Trinajstić information content (AvgIpc) is 2.72. The van der Waals surface area contributed by atoms with Crippen LogP contribution >= 0.6 is 11.6 Å². The summed E-state index contributed by atoms with van der Waals surface area (Å²) in [6.07, 6.45) is 2.89. The van der Waals surface area contributed by atoms with Gasteiger partial charge in [0, 0.05) is 37.7 Å². The standard InChI is InChI=1S/C16H21ClN2O2/c1-2-8-18-9-3-10-19(12-11-18)16(20)13-21-15-6-4-14(17)5-7-15/h2,4-7H,1,3,8-13H2. The number of ether oxygens (including phenoxy) is 1. The second-order valence-corrected chi connectivity index (χ2v) is 5.50. The molecule has 0 N–H and O–H groups in total. The van der Waals surface area contributed by atoms with Gasteiger partial charge in [0.05, 0.1) is 0 Å². The van der Waals surface area contributed by atoms with Crippen LogP contribution in [0.5, 0.6) is 5.75 Å². The molecule has 2 rings (SSSR count). The summed E-state index contributed by atoms with van der Waals surface area (Å²) in [5.74, 6) is 0.696. The van der Waals surface area contributed by atoms with Crippen LogP contribution in [0.3, 0.4) is 0 Å². The van der Waals surface area contributed by atoms with Crippen LogP contribution in [0.15, 0.2) is 36.9 Å². The van der Waals surface area contributed by atoms with Crippen molar-refractivity contribution in [2.75, 3.05) is 39.3 Å². The predicted octanol–water partition coefficient (Wildman–Crippen LogP) is 2.44. The summed E-state index contributed by atoms with van der Waals surface area (Å²) in [7, 11) is 0. The zero-order valence-electron chi connectivity index (χ0n) is 12.1. The van der Waals surface area contributed by atoms with Crippen molar-refractivity contribution < 1.29 is 9.53 Å². The van der Waals surface area contributed by atoms with Gasteiger partial charge < -0.3 is 9.64 Å². The van der Waals surface area contributed by atoms with E-state index in [1.54, 1.807) is 24.3 Å². The number of hydrogen-bond donors (Lipinski definition) is 0. The number of halogens is 1. The molecule has 4 nitrogen and oxygen atoms in total. The maximum Gasteiger partial charge on any atom is 0.260 e. The van der Waals surface area contributed by atoms with Crippen molar-refractivity contribution in [3.8, 4) is 5.75 Å². The molecule has 1 heterocycles. The van der Waals surface area contributed by atoms with Crippen LogP contribution in [0.25, 0.3) is 0 Å². The summed E-state index contributed by atoms with van der Waals surface area (Å²) in [6, 6.07) is 7.04. The van der Waals surface area contributed by atoms with Crippen molar-refractivity contribution in [2.24, 2.45) is 0 Å². The number of benzene rings is 1. The van der Waals surface area contributed by atoms with Gasteiger partial charge in [-0.05, 0) is 30.7 Å². The lowest BCUT2D eigenvalue weighted by molar-refractivity contribution is -0.133. The van der Waals surface area contributed by atoms with E-state index in [1.807, 2.05) is 11.0 Å². The van der Waals surface area contributed by atoms with Gasteiger partial charge in [-0.2, -0.15) is 0 Å². The second-order valence-electron chi connectivity index (χ2n) is 5.07. The molecular formula is C16H21ClN2O2. The Morgan fingerprint density at radius 2 is 2.00 bits per heavy atom. The Morgan fingerprint density at radius 3 is 2.71 bits per heavy atom. The Hall–Kier alpha value is -1.52. The van der Waals surface area contributed by atoms with E-state index in [1.165, 1.54) is 0 Å². The summed E-state index contributed by atoms with van der Waals surface area (Å²) in [6.45, 7) is 8.14. The zero-order chi connectivity index (χ0) is 15.1. The third-order valence-corrected chi connectivity index (χ3v) is 3.76. The van der Waals surface area contributed by atoms with E-state index in [4.69, 9.17) is 16.3 Å². The van der Waals surface area contributed by atoms with Crippen molar-refractivity contribution in [1.29, 1.82) is 0 Å². The number of amides is 1. The summed E-state index contributed by atoms with van der Waals surface area (Å²) >= 11 is 5.81. The molecule has 114 valence electrons. The first kappa shape index (κ1) is 15.9. The molecule has 1 aliphatic rings. The lowest BCUT2D eigenvalue weighted by atomic mass is 10.3. The highest BCUT2D eigenvalue weighted by atomic mass is 35.5. The quantitative estimate of drug-likeness (QED) is 0.783. The Morgan fingerprint density at radius 1 is 1.24 bits per heavy atom. The van der Waals surface area contributed by atoms with Crippen molar-refractivity contribution in [1.82, 2.24) is 9.80 Å². The van der Waals surface area contributed by atoms with Crippen LogP contribution in [-0.2, 0) is 4.79 Å². The molecule has 1 aliphatic heterocycles. The Bertz CT molecular complexity index is 476. The monoisotopic (exact) mass is 308 g/mol.